The monoisotopic (exact) mass is 268 g/mol. The first-order valence-electron chi connectivity index (χ1n) is 5.59. The summed E-state index contributed by atoms with van der Waals surface area (Å²) in [6, 6.07) is 4.23. The fourth-order valence-electron chi connectivity index (χ4n) is 1.86. The Bertz CT molecular complexity index is 541. The van der Waals surface area contributed by atoms with E-state index < -0.39 is 5.82 Å². The Kier molecular flexibility index (Phi) is 3.96. The predicted octanol–water partition coefficient (Wildman–Crippen LogP) is 2.25. The lowest BCUT2D eigenvalue weighted by molar-refractivity contribution is 0.554. The van der Waals surface area contributed by atoms with Crippen LogP contribution in [0.15, 0.2) is 30.6 Å². The second kappa shape index (κ2) is 5.48. The first-order valence-corrected chi connectivity index (χ1v) is 5.97. The largest absolute Gasteiger partial charge is 0.334 e. The normalized spacial score (nSPS) is 12.7. The lowest BCUT2D eigenvalue weighted by Crippen LogP contribution is -2.31. The average Bonchev–Trinajstić information content (AvgIpc) is 2.83. The molecule has 96 valence electrons. The lowest BCUT2D eigenvalue weighted by Gasteiger charge is -2.17. The molecule has 0 radical (unpaired) electrons. The molecule has 18 heavy (non-hydrogen) atoms. The number of nitrogens with one attached hydrogen (secondary N) is 1. The number of aryl methyl sites for hydroxylation is 1. The molecule has 1 unspecified atom stereocenters. The fourth-order valence-corrected chi connectivity index (χ4v) is 1.98. The number of imidazole rings is 1. The maximum absolute atomic E-state index is 13.5. The van der Waals surface area contributed by atoms with Crippen molar-refractivity contribution in [3.63, 3.8) is 0 Å². The molecule has 1 heterocycles. The summed E-state index contributed by atoms with van der Waals surface area (Å²) in [5.41, 5.74) is 3.33. The number of halogens is 2. The van der Waals surface area contributed by atoms with E-state index >= 15 is 0 Å². The number of benzene rings is 1. The molecule has 0 saturated heterocycles. The highest BCUT2D eigenvalue weighted by Gasteiger charge is 2.18. The smallest absolute Gasteiger partial charge is 0.142 e. The molecule has 3 N–H and O–H groups in total. The quantitative estimate of drug-likeness (QED) is 0.661. The van der Waals surface area contributed by atoms with Crippen LogP contribution in [0.3, 0.4) is 0 Å². The zero-order valence-electron chi connectivity index (χ0n) is 9.90. The summed E-state index contributed by atoms with van der Waals surface area (Å²) in [5.74, 6) is 5.82. The van der Waals surface area contributed by atoms with E-state index in [0.717, 1.165) is 12.4 Å². The third-order valence-electron chi connectivity index (χ3n) is 2.79. The molecule has 0 aliphatic rings. The van der Waals surface area contributed by atoms with Gasteiger partial charge in [-0.3, -0.25) is 5.84 Å². The van der Waals surface area contributed by atoms with E-state index in [4.69, 9.17) is 17.4 Å². The summed E-state index contributed by atoms with van der Waals surface area (Å²) in [6.07, 6.45) is 3.54. The van der Waals surface area contributed by atoms with Crippen molar-refractivity contribution in [2.75, 3.05) is 0 Å². The van der Waals surface area contributed by atoms with Crippen LogP contribution in [0.4, 0.5) is 4.39 Å². The number of rotatable bonds is 4. The Morgan fingerprint density at radius 1 is 1.56 bits per heavy atom. The maximum Gasteiger partial charge on any atom is 0.142 e. The van der Waals surface area contributed by atoms with Crippen molar-refractivity contribution in [1.29, 1.82) is 0 Å². The minimum atomic E-state index is -0.468. The van der Waals surface area contributed by atoms with Crippen LogP contribution in [0.5, 0.6) is 0 Å². The minimum absolute atomic E-state index is 0.0911. The molecule has 0 bridgehead atoms. The third-order valence-corrected chi connectivity index (χ3v) is 3.10. The molecule has 1 aromatic heterocycles. The second-order valence-electron chi connectivity index (χ2n) is 3.84. The average molecular weight is 269 g/mol. The number of hydrogen-bond donors (Lipinski definition) is 2. The Labute approximate surface area is 110 Å². The summed E-state index contributed by atoms with van der Waals surface area (Å²) >= 11 is 5.66. The van der Waals surface area contributed by atoms with E-state index in [2.05, 4.69) is 10.4 Å². The van der Waals surface area contributed by atoms with Gasteiger partial charge in [0.25, 0.3) is 0 Å². The van der Waals surface area contributed by atoms with Crippen LogP contribution >= 0.6 is 11.6 Å². The van der Waals surface area contributed by atoms with Crippen molar-refractivity contribution in [2.45, 2.75) is 19.5 Å². The molecular weight excluding hydrogens is 255 g/mol. The van der Waals surface area contributed by atoms with Crippen LogP contribution in [-0.2, 0) is 6.54 Å². The van der Waals surface area contributed by atoms with Gasteiger partial charge in [0.1, 0.15) is 17.7 Å². The van der Waals surface area contributed by atoms with Gasteiger partial charge in [0, 0.05) is 18.9 Å². The molecule has 1 aromatic carbocycles. The van der Waals surface area contributed by atoms with Gasteiger partial charge in [-0.25, -0.2) is 14.8 Å². The molecule has 0 aliphatic heterocycles. The van der Waals surface area contributed by atoms with Gasteiger partial charge in [0.05, 0.1) is 5.02 Å². The topological polar surface area (TPSA) is 55.9 Å². The summed E-state index contributed by atoms with van der Waals surface area (Å²) < 4.78 is 15.4. The number of nitrogens with zero attached hydrogens (tertiary/aromatic N) is 2. The van der Waals surface area contributed by atoms with E-state index in [1.54, 1.807) is 12.3 Å². The Morgan fingerprint density at radius 3 is 2.94 bits per heavy atom. The van der Waals surface area contributed by atoms with Crippen LogP contribution < -0.4 is 11.3 Å². The third kappa shape index (κ3) is 2.38. The van der Waals surface area contributed by atoms with Gasteiger partial charge in [0.15, 0.2) is 0 Å². The highest BCUT2D eigenvalue weighted by Crippen LogP contribution is 2.24. The summed E-state index contributed by atoms with van der Waals surface area (Å²) in [5, 5.41) is 0.0911. The van der Waals surface area contributed by atoms with Crippen LogP contribution in [0.1, 0.15) is 24.4 Å². The van der Waals surface area contributed by atoms with Crippen molar-refractivity contribution in [2.24, 2.45) is 5.84 Å². The molecule has 0 spiro atoms. The molecule has 0 amide bonds. The molecular formula is C12H14ClFN4. The van der Waals surface area contributed by atoms with Crippen molar-refractivity contribution >= 4 is 11.6 Å². The zero-order chi connectivity index (χ0) is 13.1. The van der Waals surface area contributed by atoms with E-state index in [-0.39, 0.29) is 11.1 Å². The van der Waals surface area contributed by atoms with Crippen molar-refractivity contribution in [1.82, 2.24) is 15.0 Å². The van der Waals surface area contributed by atoms with E-state index in [0.29, 0.717) is 5.56 Å². The van der Waals surface area contributed by atoms with Crippen molar-refractivity contribution in [3.05, 3.63) is 52.8 Å². The van der Waals surface area contributed by atoms with Gasteiger partial charge in [-0.1, -0.05) is 17.7 Å². The molecule has 6 heteroatoms. The van der Waals surface area contributed by atoms with Gasteiger partial charge in [0.2, 0.25) is 0 Å². The number of aromatic nitrogens is 2. The number of nitrogens with two attached hydrogens (primary N) is 1. The molecule has 0 fully saturated rings. The molecule has 2 aromatic rings. The summed E-state index contributed by atoms with van der Waals surface area (Å²) in [4.78, 5) is 4.25. The van der Waals surface area contributed by atoms with Gasteiger partial charge in [-0.15, -0.1) is 0 Å². The summed E-state index contributed by atoms with van der Waals surface area (Å²) in [6.45, 7) is 2.77. The van der Waals surface area contributed by atoms with E-state index in [1.807, 2.05) is 17.7 Å². The first kappa shape index (κ1) is 13.0. The molecule has 0 aliphatic carbocycles. The molecule has 4 nitrogen and oxygen atoms in total. The van der Waals surface area contributed by atoms with Gasteiger partial charge in [-0.2, -0.15) is 0 Å². The van der Waals surface area contributed by atoms with Crippen LogP contribution in [-0.4, -0.2) is 9.55 Å². The Morgan fingerprint density at radius 2 is 2.33 bits per heavy atom. The summed E-state index contributed by atoms with van der Waals surface area (Å²) in [7, 11) is 0. The van der Waals surface area contributed by atoms with Gasteiger partial charge in [-0.05, 0) is 24.6 Å². The SMILES string of the molecule is CCn1ccnc1C(NN)c1ccc(Cl)c(F)c1. The van der Waals surface area contributed by atoms with Crippen LogP contribution in [0.25, 0.3) is 0 Å². The highest BCUT2D eigenvalue weighted by atomic mass is 35.5. The number of hydrazine groups is 1. The highest BCUT2D eigenvalue weighted by molar-refractivity contribution is 6.30. The first-order chi connectivity index (χ1) is 8.67. The van der Waals surface area contributed by atoms with Crippen molar-refractivity contribution in [3.8, 4) is 0 Å². The Hall–Kier alpha value is -1.43. The molecule has 2 rings (SSSR count). The van der Waals surface area contributed by atoms with Crippen molar-refractivity contribution < 1.29 is 4.39 Å². The fraction of sp³-hybridized carbons (Fsp3) is 0.250. The second-order valence-corrected chi connectivity index (χ2v) is 4.25. The zero-order valence-corrected chi connectivity index (χ0v) is 10.7. The minimum Gasteiger partial charge on any atom is -0.334 e. The molecule has 0 saturated carbocycles. The van der Waals surface area contributed by atoms with Gasteiger partial charge >= 0.3 is 0 Å². The predicted molar refractivity (Wildman–Crippen MR) is 68.5 cm³/mol. The Balaban J connectivity index is 2.42. The molecule has 1 atom stereocenters. The lowest BCUT2D eigenvalue weighted by atomic mass is 10.1. The number of hydrogen-bond acceptors (Lipinski definition) is 3. The standard InChI is InChI=1S/C12H14ClFN4/c1-2-18-6-5-16-12(18)11(17-15)8-3-4-9(13)10(14)7-8/h3-7,11,17H,2,15H2,1H3. The van der Waals surface area contributed by atoms with Crippen LogP contribution in [0.2, 0.25) is 5.02 Å². The maximum atomic E-state index is 13.5. The van der Waals surface area contributed by atoms with Crippen LogP contribution in [0, 0.1) is 5.82 Å². The van der Waals surface area contributed by atoms with E-state index in [9.17, 15) is 4.39 Å². The van der Waals surface area contributed by atoms with E-state index in [1.165, 1.54) is 12.1 Å². The van der Waals surface area contributed by atoms with Gasteiger partial charge < -0.3 is 4.57 Å².